The Bertz CT molecular complexity index is 798. The van der Waals surface area contributed by atoms with Gasteiger partial charge in [0.2, 0.25) is 5.90 Å². The summed E-state index contributed by atoms with van der Waals surface area (Å²) in [7, 11) is 0. The van der Waals surface area contributed by atoms with Gasteiger partial charge in [0, 0.05) is 11.6 Å². The van der Waals surface area contributed by atoms with Crippen LogP contribution in [0.3, 0.4) is 0 Å². The van der Waals surface area contributed by atoms with Crippen molar-refractivity contribution in [3.05, 3.63) is 46.3 Å². The van der Waals surface area contributed by atoms with Crippen molar-refractivity contribution in [2.24, 2.45) is 4.99 Å². The minimum absolute atomic E-state index is 0.202. The van der Waals surface area contributed by atoms with Gasteiger partial charge in [0.05, 0.1) is 16.3 Å². The molecule has 0 saturated heterocycles. The van der Waals surface area contributed by atoms with Gasteiger partial charge in [-0.15, -0.1) is 0 Å². The summed E-state index contributed by atoms with van der Waals surface area (Å²) >= 11 is 6.47. The Morgan fingerprint density at radius 1 is 1.31 bits per heavy atom. The zero-order chi connectivity index (χ0) is 18.7. The van der Waals surface area contributed by atoms with Gasteiger partial charge in [0.15, 0.2) is 11.9 Å². The Morgan fingerprint density at radius 2 is 2.12 bits per heavy atom. The van der Waals surface area contributed by atoms with Crippen molar-refractivity contribution in [3.8, 4) is 5.75 Å². The van der Waals surface area contributed by atoms with Gasteiger partial charge in [0.1, 0.15) is 12.4 Å². The number of aryl methyl sites for hydroxylation is 1. The molecule has 1 aromatic carbocycles. The number of unbranched alkanes of at least 4 members (excludes halogenated alkanes) is 1. The van der Waals surface area contributed by atoms with E-state index in [1.165, 1.54) is 0 Å². The first kappa shape index (κ1) is 18.8. The average molecular weight is 377 g/mol. The third-order valence-corrected chi connectivity index (χ3v) is 4.49. The second kappa shape index (κ2) is 7.70. The van der Waals surface area contributed by atoms with E-state index in [9.17, 15) is 0 Å². The molecule has 0 aliphatic carbocycles. The topological polar surface area (TPSA) is 56.9 Å². The number of hydrogen-bond donors (Lipinski definition) is 0. The largest absolute Gasteiger partial charge is 0.481 e. The predicted molar refractivity (Wildman–Crippen MR) is 102 cm³/mol. The normalized spacial score (nSPS) is 16.9. The third kappa shape index (κ3) is 4.39. The van der Waals surface area contributed by atoms with E-state index in [1.807, 2.05) is 45.0 Å². The van der Waals surface area contributed by atoms with Crippen LogP contribution in [0.25, 0.3) is 0 Å². The molecule has 0 radical (unpaired) electrons. The summed E-state index contributed by atoms with van der Waals surface area (Å²) in [6.45, 7) is 8.69. The molecule has 5 nitrogen and oxygen atoms in total. The van der Waals surface area contributed by atoms with Gasteiger partial charge in [0.25, 0.3) is 0 Å². The first-order valence-corrected chi connectivity index (χ1v) is 9.38. The molecule has 2 heterocycles. The number of halogens is 1. The summed E-state index contributed by atoms with van der Waals surface area (Å²) in [5.41, 5.74) is 1.49. The zero-order valence-electron chi connectivity index (χ0n) is 15.7. The molecule has 2 aromatic rings. The van der Waals surface area contributed by atoms with Crippen molar-refractivity contribution in [1.29, 1.82) is 0 Å². The van der Waals surface area contributed by atoms with Crippen LogP contribution < -0.4 is 4.74 Å². The van der Waals surface area contributed by atoms with Gasteiger partial charge in [-0.1, -0.05) is 30.1 Å². The number of nitrogens with zero attached hydrogens (tertiary/aromatic N) is 2. The van der Waals surface area contributed by atoms with Crippen LogP contribution in [0.15, 0.2) is 33.8 Å². The molecule has 0 amide bonds. The maximum absolute atomic E-state index is 6.47. The van der Waals surface area contributed by atoms with E-state index < -0.39 is 0 Å². The van der Waals surface area contributed by atoms with Crippen molar-refractivity contribution >= 4 is 17.5 Å². The van der Waals surface area contributed by atoms with Crippen molar-refractivity contribution in [1.82, 2.24) is 5.16 Å². The second-order valence-electron chi connectivity index (χ2n) is 7.28. The lowest BCUT2D eigenvalue weighted by atomic mass is 10.1. The number of aromatic nitrogens is 1. The Balaban J connectivity index is 1.79. The minimum Gasteiger partial charge on any atom is -0.481 e. The number of aliphatic imine (C=N–C) groups is 1. The quantitative estimate of drug-likeness (QED) is 0.640. The fourth-order valence-electron chi connectivity index (χ4n) is 2.80. The van der Waals surface area contributed by atoms with Crippen LogP contribution in [-0.2, 0) is 4.74 Å². The van der Waals surface area contributed by atoms with E-state index in [4.69, 9.17) is 25.6 Å². The van der Waals surface area contributed by atoms with E-state index in [2.05, 4.69) is 17.1 Å². The molecular weight excluding hydrogens is 352 g/mol. The monoisotopic (exact) mass is 376 g/mol. The number of benzene rings is 1. The highest BCUT2D eigenvalue weighted by Crippen LogP contribution is 2.33. The lowest BCUT2D eigenvalue weighted by Crippen LogP contribution is -2.17. The number of rotatable bonds is 7. The maximum Gasteiger partial charge on any atom is 0.216 e. The van der Waals surface area contributed by atoms with Crippen LogP contribution in [0.5, 0.6) is 5.75 Å². The van der Waals surface area contributed by atoms with E-state index >= 15 is 0 Å². The Kier molecular flexibility index (Phi) is 5.56. The smallest absolute Gasteiger partial charge is 0.216 e. The molecule has 140 valence electrons. The van der Waals surface area contributed by atoms with Gasteiger partial charge in [-0.2, -0.15) is 0 Å². The molecule has 6 heteroatoms. The van der Waals surface area contributed by atoms with Crippen LogP contribution >= 0.6 is 11.6 Å². The highest BCUT2D eigenvalue weighted by Gasteiger charge is 2.27. The fraction of sp³-hybridized carbons (Fsp3) is 0.500. The molecule has 1 atom stereocenters. The number of ether oxygens (including phenoxy) is 2. The van der Waals surface area contributed by atoms with E-state index in [0.29, 0.717) is 23.3 Å². The highest BCUT2D eigenvalue weighted by molar-refractivity contribution is 6.32. The SMILES string of the molecule is CCCCC(Oc1ccc(C2=NC(C)(C)CO2)cc1Cl)c1cc(C)no1. The van der Waals surface area contributed by atoms with Crippen LogP contribution in [0, 0.1) is 6.92 Å². The number of hydrogen-bond acceptors (Lipinski definition) is 5. The molecule has 0 fully saturated rings. The first-order chi connectivity index (χ1) is 12.4. The molecule has 0 N–H and O–H groups in total. The summed E-state index contributed by atoms with van der Waals surface area (Å²) in [5.74, 6) is 1.96. The van der Waals surface area contributed by atoms with Gasteiger partial charge >= 0.3 is 0 Å². The zero-order valence-corrected chi connectivity index (χ0v) is 16.5. The first-order valence-electron chi connectivity index (χ1n) is 9.00. The molecule has 1 aliphatic rings. The molecule has 1 aliphatic heterocycles. The standard InChI is InChI=1S/C20H25ClN2O3/c1-5-6-7-17(18-10-13(2)23-26-18)25-16-9-8-14(11-15(16)21)19-22-20(3,4)12-24-19/h8-11,17H,5-7,12H2,1-4H3. The van der Waals surface area contributed by atoms with E-state index in [0.717, 1.165) is 36.3 Å². The summed E-state index contributed by atoms with van der Waals surface area (Å²) in [4.78, 5) is 4.58. The van der Waals surface area contributed by atoms with Gasteiger partial charge in [-0.25, -0.2) is 4.99 Å². The predicted octanol–water partition coefficient (Wildman–Crippen LogP) is 5.50. The maximum atomic E-state index is 6.47. The van der Waals surface area contributed by atoms with Crippen LogP contribution in [-0.4, -0.2) is 23.2 Å². The van der Waals surface area contributed by atoms with E-state index in [1.54, 1.807) is 0 Å². The lowest BCUT2D eigenvalue weighted by molar-refractivity contribution is 0.152. The van der Waals surface area contributed by atoms with Crippen LogP contribution in [0.4, 0.5) is 0 Å². The van der Waals surface area contributed by atoms with Crippen molar-refractivity contribution in [2.45, 2.75) is 58.6 Å². The lowest BCUT2D eigenvalue weighted by Gasteiger charge is -2.17. The van der Waals surface area contributed by atoms with Gasteiger partial charge in [-0.3, -0.25) is 0 Å². The third-order valence-electron chi connectivity index (χ3n) is 4.20. The second-order valence-corrected chi connectivity index (χ2v) is 7.69. The van der Waals surface area contributed by atoms with Crippen molar-refractivity contribution < 1.29 is 14.0 Å². The Labute approximate surface area is 159 Å². The molecular formula is C20H25ClN2O3. The molecule has 0 saturated carbocycles. The molecule has 0 spiro atoms. The summed E-state index contributed by atoms with van der Waals surface area (Å²) in [6.07, 6.45) is 2.73. The van der Waals surface area contributed by atoms with Crippen molar-refractivity contribution in [3.63, 3.8) is 0 Å². The van der Waals surface area contributed by atoms with Crippen LogP contribution in [0.2, 0.25) is 5.02 Å². The van der Waals surface area contributed by atoms with Crippen molar-refractivity contribution in [2.75, 3.05) is 6.61 Å². The highest BCUT2D eigenvalue weighted by atomic mass is 35.5. The Hall–Kier alpha value is -2.01. The van der Waals surface area contributed by atoms with Gasteiger partial charge < -0.3 is 14.0 Å². The van der Waals surface area contributed by atoms with Crippen LogP contribution in [0.1, 0.15) is 63.2 Å². The molecule has 1 unspecified atom stereocenters. The minimum atomic E-state index is -0.210. The molecule has 1 aromatic heterocycles. The summed E-state index contributed by atoms with van der Waals surface area (Å²) in [6, 6.07) is 7.52. The molecule has 0 bridgehead atoms. The summed E-state index contributed by atoms with van der Waals surface area (Å²) < 4.78 is 17.2. The summed E-state index contributed by atoms with van der Waals surface area (Å²) in [5, 5.41) is 4.49. The average Bonchev–Trinajstić information content (AvgIpc) is 3.18. The molecule has 26 heavy (non-hydrogen) atoms. The molecule has 3 rings (SSSR count). The van der Waals surface area contributed by atoms with Gasteiger partial charge in [-0.05, 0) is 51.8 Å². The fourth-order valence-corrected chi connectivity index (χ4v) is 3.02. The van der Waals surface area contributed by atoms with E-state index in [-0.39, 0.29) is 11.6 Å². The Morgan fingerprint density at radius 3 is 2.69 bits per heavy atom.